The van der Waals surface area contributed by atoms with Gasteiger partial charge >= 0.3 is 0 Å². The first-order chi connectivity index (χ1) is 12.9. The maximum atomic E-state index is 13.0. The second-order valence-corrected chi connectivity index (χ2v) is 7.43. The minimum absolute atomic E-state index is 0.0464. The smallest absolute Gasteiger partial charge is 0.253 e. The van der Waals surface area contributed by atoms with Crippen LogP contribution in [0.3, 0.4) is 0 Å². The van der Waals surface area contributed by atoms with E-state index in [2.05, 4.69) is 5.10 Å². The Labute approximate surface area is 158 Å². The Bertz CT molecular complexity index is 874. The van der Waals surface area contributed by atoms with Crippen molar-refractivity contribution in [3.8, 4) is 5.69 Å². The number of aryl methyl sites for hydroxylation is 2. The van der Waals surface area contributed by atoms with Crippen LogP contribution in [-0.4, -0.2) is 70.8 Å². The summed E-state index contributed by atoms with van der Waals surface area (Å²) >= 11 is 0. The zero-order valence-corrected chi connectivity index (χ0v) is 15.9. The molecule has 1 aromatic carbocycles. The fourth-order valence-corrected chi connectivity index (χ4v) is 3.88. The molecule has 2 aliphatic rings. The van der Waals surface area contributed by atoms with Gasteiger partial charge in [-0.3, -0.25) is 9.59 Å². The van der Waals surface area contributed by atoms with Crippen molar-refractivity contribution < 1.29 is 14.3 Å². The highest BCUT2D eigenvalue weighted by atomic mass is 16.5. The number of hydrogen-bond acceptors (Lipinski definition) is 4. The second kappa shape index (κ2) is 6.81. The summed E-state index contributed by atoms with van der Waals surface area (Å²) in [5, 5.41) is 4.48. The summed E-state index contributed by atoms with van der Waals surface area (Å²) < 4.78 is 7.47. The van der Waals surface area contributed by atoms with Crippen molar-refractivity contribution in [2.45, 2.75) is 19.9 Å². The number of fused-ring (bicyclic) bond motifs is 3. The number of benzene rings is 1. The largest absolute Gasteiger partial charge is 0.378 e. The fraction of sp³-hybridized carbons (Fsp3) is 0.450. The van der Waals surface area contributed by atoms with Crippen LogP contribution in [-0.2, 0) is 9.53 Å². The maximum Gasteiger partial charge on any atom is 0.253 e. The first kappa shape index (κ1) is 17.7. The normalized spacial score (nSPS) is 22.7. The van der Waals surface area contributed by atoms with Crippen LogP contribution in [0.1, 0.15) is 21.7 Å². The monoisotopic (exact) mass is 368 g/mol. The van der Waals surface area contributed by atoms with E-state index in [-0.39, 0.29) is 23.8 Å². The molecule has 2 saturated heterocycles. The molecule has 0 radical (unpaired) electrons. The number of ether oxygens (including phenoxy) is 1. The van der Waals surface area contributed by atoms with Gasteiger partial charge in [0, 0.05) is 31.4 Å². The lowest BCUT2D eigenvalue weighted by atomic mass is 10.1. The van der Waals surface area contributed by atoms with Crippen LogP contribution >= 0.6 is 0 Å². The number of carbonyl (C=O) groups is 2. The third kappa shape index (κ3) is 3.23. The van der Waals surface area contributed by atoms with Crippen LogP contribution in [0, 0.1) is 19.8 Å². The molecule has 2 fully saturated rings. The Morgan fingerprint density at radius 1 is 1.15 bits per heavy atom. The van der Waals surface area contributed by atoms with Gasteiger partial charge in [-0.15, -0.1) is 0 Å². The summed E-state index contributed by atoms with van der Waals surface area (Å²) in [6.07, 6.45) is 0. The molecule has 2 atom stereocenters. The second-order valence-electron chi connectivity index (χ2n) is 7.43. The maximum absolute atomic E-state index is 13.0. The van der Waals surface area contributed by atoms with Crippen LogP contribution in [0.2, 0.25) is 0 Å². The summed E-state index contributed by atoms with van der Waals surface area (Å²) in [5.41, 5.74) is 3.55. The van der Waals surface area contributed by atoms with Crippen LogP contribution < -0.4 is 0 Å². The van der Waals surface area contributed by atoms with Crippen molar-refractivity contribution in [1.29, 1.82) is 0 Å². The van der Waals surface area contributed by atoms with Crippen molar-refractivity contribution in [2.75, 3.05) is 33.4 Å². The van der Waals surface area contributed by atoms with E-state index in [4.69, 9.17) is 4.74 Å². The summed E-state index contributed by atoms with van der Waals surface area (Å²) in [6.45, 7) is 5.71. The van der Waals surface area contributed by atoms with E-state index in [9.17, 15) is 9.59 Å². The SMILES string of the molecule is Cc1cc(C)n(-c2ccc(C(=O)N3C[C@@H]4COC[C@H](C3)N(C)C4=O)cc2)n1. The molecule has 2 amide bonds. The van der Waals surface area contributed by atoms with Gasteiger partial charge in [0.25, 0.3) is 5.91 Å². The van der Waals surface area contributed by atoms with Gasteiger partial charge < -0.3 is 14.5 Å². The third-order valence-electron chi connectivity index (χ3n) is 5.40. The third-order valence-corrected chi connectivity index (χ3v) is 5.40. The van der Waals surface area contributed by atoms with Gasteiger partial charge in [0.1, 0.15) is 0 Å². The lowest BCUT2D eigenvalue weighted by Gasteiger charge is -2.29. The molecule has 7 nitrogen and oxygen atoms in total. The standard InChI is InChI=1S/C20H24N4O3/c1-13-8-14(2)24(21-13)17-6-4-15(5-7-17)20(26)23-9-16-11-27-12-18(10-23)22(3)19(16)25/h4-8,16,18H,9-12H2,1-3H3/t16-,18+/m1/s1. The average Bonchev–Trinajstić information content (AvgIpc) is 2.86. The molecular formula is C20H24N4O3. The summed E-state index contributed by atoms with van der Waals surface area (Å²) in [7, 11) is 1.80. The zero-order chi connectivity index (χ0) is 19.1. The number of amides is 2. The van der Waals surface area contributed by atoms with E-state index in [1.807, 2.05) is 48.9 Å². The van der Waals surface area contributed by atoms with Crippen LogP contribution in [0.15, 0.2) is 30.3 Å². The molecule has 4 rings (SSSR count). The molecular weight excluding hydrogens is 344 g/mol. The van der Waals surface area contributed by atoms with Gasteiger partial charge in [-0.2, -0.15) is 5.10 Å². The minimum atomic E-state index is -0.291. The summed E-state index contributed by atoms with van der Waals surface area (Å²) in [6, 6.07) is 9.40. The number of likely N-dealkylation sites (N-methyl/N-ethyl adjacent to an activating group) is 1. The fourth-order valence-electron chi connectivity index (χ4n) is 3.88. The molecule has 0 aliphatic carbocycles. The Hall–Kier alpha value is -2.67. The van der Waals surface area contributed by atoms with Gasteiger partial charge in [0.15, 0.2) is 0 Å². The predicted octanol–water partition coefficient (Wildman–Crippen LogP) is 1.42. The molecule has 2 aliphatic heterocycles. The Morgan fingerprint density at radius 2 is 1.89 bits per heavy atom. The number of nitrogens with zero attached hydrogens (tertiary/aromatic N) is 4. The lowest BCUT2D eigenvalue weighted by Crippen LogP contribution is -2.45. The van der Waals surface area contributed by atoms with Crippen LogP contribution in [0.4, 0.5) is 0 Å². The lowest BCUT2D eigenvalue weighted by molar-refractivity contribution is -0.133. The quantitative estimate of drug-likeness (QED) is 0.804. The Kier molecular flexibility index (Phi) is 4.47. The summed E-state index contributed by atoms with van der Waals surface area (Å²) in [4.78, 5) is 29.0. The van der Waals surface area contributed by atoms with Crippen molar-refractivity contribution >= 4 is 11.8 Å². The van der Waals surface area contributed by atoms with E-state index < -0.39 is 0 Å². The zero-order valence-electron chi connectivity index (χ0n) is 15.9. The van der Waals surface area contributed by atoms with Crippen molar-refractivity contribution in [3.05, 3.63) is 47.3 Å². The van der Waals surface area contributed by atoms with Gasteiger partial charge in [-0.25, -0.2) is 4.68 Å². The highest BCUT2D eigenvalue weighted by Crippen LogP contribution is 2.22. The van der Waals surface area contributed by atoms with Crippen LogP contribution in [0.25, 0.3) is 5.69 Å². The number of hydrogen-bond donors (Lipinski definition) is 0. The van der Waals surface area contributed by atoms with E-state index >= 15 is 0 Å². The highest BCUT2D eigenvalue weighted by Gasteiger charge is 2.38. The topological polar surface area (TPSA) is 67.7 Å². The molecule has 0 saturated carbocycles. The Morgan fingerprint density at radius 3 is 2.56 bits per heavy atom. The van der Waals surface area contributed by atoms with E-state index in [0.717, 1.165) is 17.1 Å². The number of carbonyl (C=O) groups excluding carboxylic acids is 2. The van der Waals surface area contributed by atoms with Gasteiger partial charge in [0.05, 0.1) is 36.6 Å². The number of aromatic nitrogens is 2. The van der Waals surface area contributed by atoms with Gasteiger partial charge in [-0.05, 0) is 44.2 Å². The molecule has 27 heavy (non-hydrogen) atoms. The van der Waals surface area contributed by atoms with E-state index in [1.54, 1.807) is 16.8 Å². The molecule has 3 heterocycles. The number of rotatable bonds is 2. The van der Waals surface area contributed by atoms with Gasteiger partial charge in [-0.1, -0.05) is 0 Å². The molecule has 7 heteroatoms. The molecule has 142 valence electrons. The average molecular weight is 368 g/mol. The first-order valence-corrected chi connectivity index (χ1v) is 9.21. The highest BCUT2D eigenvalue weighted by molar-refractivity contribution is 5.95. The molecule has 1 aromatic heterocycles. The van der Waals surface area contributed by atoms with Gasteiger partial charge in [0.2, 0.25) is 5.91 Å². The van der Waals surface area contributed by atoms with Crippen molar-refractivity contribution in [1.82, 2.24) is 19.6 Å². The molecule has 0 spiro atoms. The molecule has 0 unspecified atom stereocenters. The van der Waals surface area contributed by atoms with Crippen molar-refractivity contribution in [2.24, 2.45) is 5.92 Å². The Balaban J connectivity index is 1.56. The van der Waals surface area contributed by atoms with Crippen molar-refractivity contribution in [3.63, 3.8) is 0 Å². The summed E-state index contributed by atoms with van der Waals surface area (Å²) in [5.74, 6) is -0.275. The predicted molar refractivity (Wildman–Crippen MR) is 99.8 cm³/mol. The molecule has 0 N–H and O–H groups in total. The molecule has 2 aromatic rings. The first-order valence-electron chi connectivity index (χ1n) is 9.21. The van der Waals surface area contributed by atoms with E-state index in [1.165, 1.54) is 0 Å². The van der Waals surface area contributed by atoms with Crippen LogP contribution in [0.5, 0.6) is 0 Å². The van der Waals surface area contributed by atoms with E-state index in [0.29, 0.717) is 31.9 Å². The molecule has 2 bridgehead atoms. The minimum Gasteiger partial charge on any atom is -0.378 e.